The van der Waals surface area contributed by atoms with Gasteiger partial charge in [-0.3, -0.25) is 9.59 Å². The van der Waals surface area contributed by atoms with E-state index in [4.69, 9.17) is 6.42 Å². The average molecular weight is 558 g/mol. The van der Waals surface area contributed by atoms with E-state index in [1.807, 2.05) is 47.8 Å². The lowest BCUT2D eigenvalue weighted by Gasteiger charge is -2.55. The van der Waals surface area contributed by atoms with Gasteiger partial charge < -0.3 is 20.2 Å². The van der Waals surface area contributed by atoms with E-state index in [1.54, 1.807) is 50.4 Å². The summed E-state index contributed by atoms with van der Waals surface area (Å²) in [5.41, 5.74) is 1.74. The summed E-state index contributed by atoms with van der Waals surface area (Å²) in [6.07, 6.45) is 5.83. The number of hydrogen-bond donors (Lipinski definition) is 2. The zero-order chi connectivity index (χ0) is 28.1. The van der Waals surface area contributed by atoms with E-state index in [2.05, 4.69) is 11.2 Å². The van der Waals surface area contributed by atoms with Crippen LogP contribution in [0.5, 0.6) is 5.75 Å². The van der Waals surface area contributed by atoms with Gasteiger partial charge in [0.2, 0.25) is 11.8 Å². The molecule has 9 nitrogen and oxygen atoms in total. The summed E-state index contributed by atoms with van der Waals surface area (Å²) in [7, 11) is 0. The molecule has 3 heterocycles. The van der Waals surface area contributed by atoms with Gasteiger partial charge in [0.05, 0.1) is 19.6 Å². The van der Waals surface area contributed by atoms with Crippen LogP contribution in [-0.4, -0.2) is 81.2 Å². The highest BCUT2D eigenvalue weighted by atomic mass is 32.1. The fraction of sp³-hybridized carbons (Fsp3) is 0.300. The average Bonchev–Trinajstić information content (AvgIpc) is 3.48. The number of thiophene rings is 1. The number of benzene rings is 2. The highest BCUT2D eigenvalue weighted by Gasteiger charge is 2.51. The number of carbonyl (C=O) groups is 3. The van der Waals surface area contributed by atoms with Crippen molar-refractivity contribution in [2.24, 2.45) is 0 Å². The van der Waals surface area contributed by atoms with Crippen molar-refractivity contribution in [3.8, 4) is 18.1 Å². The molecule has 5 rings (SSSR count). The second-order valence-electron chi connectivity index (χ2n) is 9.80. The molecule has 0 bridgehead atoms. The van der Waals surface area contributed by atoms with E-state index in [0.29, 0.717) is 19.5 Å². The molecule has 0 spiro atoms. The van der Waals surface area contributed by atoms with E-state index in [1.165, 1.54) is 5.01 Å². The second-order valence-corrected chi connectivity index (χ2v) is 10.8. The predicted molar refractivity (Wildman–Crippen MR) is 152 cm³/mol. The Morgan fingerprint density at radius 3 is 2.52 bits per heavy atom. The minimum absolute atomic E-state index is 0.0700. The summed E-state index contributed by atoms with van der Waals surface area (Å²) in [5.74, 6) is 2.26. The quantitative estimate of drug-likeness (QED) is 0.416. The van der Waals surface area contributed by atoms with Gasteiger partial charge in [-0.15, -0.1) is 17.8 Å². The van der Waals surface area contributed by atoms with Gasteiger partial charge in [-0.1, -0.05) is 54.5 Å². The minimum Gasteiger partial charge on any atom is -0.508 e. The number of nitrogens with zero attached hydrogens (tertiary/aromatic N) is 4. The summed E-state index contributed by atoms with van der Waals surface area (Å²) < 4.78 is 0. The van der Waals surface area contributed by atoms with Crippen molar-refractivity contribution >= 4 is 29.2 Å². The molecule has 2 saturated heterocycles. The third kappa shape index (κ3) is 5.96. The van der Waals surface area contributed by atoms with Crippen molar-refractivity contribution in [3.05, 3.63) is 88.1 Å². The fourth-order valence-corrected chi connectivity index (χ4v) is 5.95. The molecule has 2 aliphatic heterocycles. The first-order valence-corrected chi connectivity index (χ1v) is 14.0. The lowest BCUT2D eigenvalue weighted by Crippen LogP contribution is -2.76. The Bertz CT molecular complexity index is 1370. The molecule has 2 atom stereocenters. The van der Waals surface area contributed by atoms with Crippen LogP contribution in [0, 0.1) is 12.3 Å². The van der Waals surface area contributed by atoms with Gasteiger partial charge in [-0.05, 0) is 41.1 Å². The summed E-state index contributed by atoms with van der Waals surface area (Å²) in [6.45, 7) is 0.883. The number of urea groups is 1. The molecular weight excluding hydrogens is 526 g/mol. The van der Waals surface area contributed by atoms with E-state index in [9.17, 15) is 19.5 Å². The Balaban J connectivity index is 1.45. The molecular formula is C30H31N5O4S. The predicted octanol–water partition coefficient (Wildman–Crippen LogP) is 2.68. The molecule has 3 aromatic rings. The van der Waals surface area contributed by atoms with Crippen LogP contribution in [0.2, 0.25) is 0 Å². The number of hydrogen-bond acceptors (Lipinski definition) is 6. The standard InChI is InChI=1S/C30H31N5O4S/c1-2-15-33-21-28(37)34-26(18-22-10-12-24(36)13-11-22)29(38)32(16-14-25-9-6-17-40-25)20-27(34)35(33)30(39)31-19-23-7-4-3-5-8-23/h1,3-13,17,26-27,36H,14-16,18-21H2,(H,31,39)/t26-,27-/m0/s1. The summed E-state index contributed by atoms with van der Waals surface area (Å²) in [5, 5.41) is 17.8. The van der Waals surface area contributed by atoms with Crippen LogP contribution in [0.1, 0.15) is 16.0 Å². The molecule has 2 fully saturated rings. The van der Waals surface area contributed by atoms with E-state index in [-0.39, 0.29) is 43.6 Å². The zero-order valence-corrected chi connectivity index (χ0v) is 22.8. The Morgan fingerprint density at radius 2 is 1.82 bits per heavy atom. The molecule has 206 valence electrons. The number of terminal acetylenes is 1. The minimum atomic E-state index is -0.809. The second kappa shape index (κ2) is 12.2. The van der Waals surface area contributed by atoms with Gasteiger partial charge in [0, 0.05) is 24.4 Å². The first-order valence-electron chi connectivity index (χ1n) is 13.1. The summed E-state index contributed by atoms with van der Waals surface area (Å²) in [4.78, 5) is 45.6. The number of hydrazine groups is 1. The highest BCUT2D eigenvalue weighted by molar-refractivity contribution is 7.09. The van der Waals surface area contributed by atoms with E-state index in [0.717, 1.165) is 16.0 Å². The molecule has 0 saturated carbocycles. The van der Waals surface area contributed by atoms with Gasteiger partial charge in [-0.2, -0.15) is 5.01 Å². The third-order valence-corrected chi connectivity index (χ3v) is 8.11. The molecule has 2 N–H and O–H groups in total. The molecule has 0 radical (unpaired) electrons. The van der Waals surface area contributed by atoms with E-state index >= 15 is 0 Å². The van der Waals surface area contributed by atoms with Crippen molar-refractivity contribution < 1.29 is 19.5 Å². The number of phenolic OH excluding ortho intramolecular Hbond substituents is 1. The van der Waals surface area contributed by atoms with Gasteiger partial charge in [0.1, 0.15) is 18.0 Å². The maximum Gasteiger partial charge on any atom is 0.334 e. The first kappa shape index (κ1) is 27.2. The van der Waals surface area contributed by atoms with Crippen molar-refractivity contribution in [1.82, 2.24) is 25.1 Å². The van der Waals surface area contributed by atoms with E-state index < -0.39 is 18.2 Å². The van der Waals surface area contributed by atoms with Crippen molar-refractivity contribution in [1.29, 1.82) is 0 Å². The van der Waals surface area contributed by atoms with Crippen LogP contribution in [0.4, 0.5) is 4.79 Å². The normalized spacial score (nSPS) is 19.3. The molecule has 0 unspecified atom stereocenters. The third-order valence-electron chi connectivity index (χ3n) is 7.17. The number of fused-ring (bicyclic) bond motifs is 1. The lowest BCUT2D eigenvalue weighted by molar-refractivity contribution is -0.188. The Morgan fingerprint density at radius 1 is 1.05 bits per heavy atom. The number of aromatic hydroxyl groups is 1. The molecule has 1 aromatic heterocycles. The number of rotatable bonds is 8. The summed E-state index contributed by atoms with van der Waals surface area (Å²) >= 11 is 1.63. The highest BCUT2D eigenvalue weighted by Crippen LogP contribution is 2.29. The zero-order valence-electron chi connectivity index (χ0n) is 22.0. The van der Waals surface area contributed by atoms with Crippen molar-refractivity contribution in [2.45, 2.75) is 31.6 Å². The van der Waals surface area contributed by atoms with Gasteiger partial charge in [0.25, 0.3) is 0 Å². The largest absolute Gasteiger partial charge is 0.508 e. The molecule has 10 heteroatoms. The number of amides is 4. The van der Waals surface area contributed by atoms with Crippen LogP contribution in [-0.2, 0) is 29.0 Å². The van der Waals surface area contributed by atoms with Gasteiger partial charge in [-0.25, -0.2) is 9.80 Å². The smallest absolute Gasteiger partial charge is 0.334 e. The Hall–Kier alpha value is -4.33. The first-order chi connectivity index (χ1) is 19.4. The fourth-order valence-electron chi connectivity index (χ4n) is 5.25. The number of nitrogens with one attached hydrogen (secondary N) is 1. The topological polar surface area (TPSA) is 96.4 Å². The van der Waals surface area contributed by atoms with Crippen LogP contribution < -0.4 is 5.32 Å². The monoisotopic (exact) mass is 557 g/mol. The van der Waals surface area contributed by atoms with Crippen LogP contribution in [0.3, 0.4) is 0 Å². The van der Waals surface area contributed by atoms with Crippen molar-refractivity contribution in [2.75, 3.05) is 26.2 Å². The number of phenols is 1. The Labute approximate surface area is 237 Å². The van der Waals surface area contributed by atoms with Gasteiger partial charge in [0.15, 0.2) is 0 Å². The molecule has 0 aliphatic carbocycles. The molecule has 40 heavy (non-hydrogen) atoms. The Kier molecular flexibility index (Phi) is 8.34. The lowest BCUT2D eigenvalue weighted by atomic mass is 9.98. The summed E-state index contributed by atoms with van der Waals surface area (Å²) in [6, 6.07) is 19.0. The van der Waals surface area contributed by atoms with Crippen molar-refractivity contribution in [3.63, 3.8) is 0 Å². The molecule has 2 aliphatic rings. The maximum atomic E-state index is 13.9. The van der Waals surface area contributed by atoms with Crippen LogP contribution in [0.25, 0.3) is 0 Å². The maximum absolute atomic E-state index is 13.9. The SMILES string of the molecule is C#CCN1CC(=O)N2[C@@H](Cc3ccc(O)cc3)C(=O)N(CCc3cccs3)C[C@@H]2N1C(=O)NCc1ccccc1. The molecule has 2 aromatic carbocycles. The number of carbonyl (C=O) groups excluding carboxylic acids is 3. The molecule has 4 amide bonds. The number of piperazine rings is 1. The van der Waals surface area contributed by atoms with Crippen LogP contribution in [0.15, 0.2) is 72.1 Å². The van der Waals surface area contributed by atoms with Gasteiger partial charge >= 0.3 is 6.03 Å². The van der Waals surface area contributed by atoms with Crippen LogP contribution >= 0.6 is 11.3 Å².